The number of carbonyl (C=O) groups is 1. The summed E-state index contributed by atoms with van der Waals surface area (Å²) in [4.78, 5) is 20.2. The summed E-state index contributed by atoms with van der Waals surface area (Å²) in [5, 5.41) is 10.4. The number of benzene rings is 1. The lowest BCUT2D eigenvalue weighted by atomic mass is 10.1. The normalized spacial score (nSPS) is 10.6. The molecule has 0 aliphatic heterocycles. The van der Waals surface area contributed by atoms with E-state index in [0.717, 1.165) is 18.2 Å². The molecule has 1 amide bonds. The molecule has 0 aliphatic carbocycles. The maximum absolute atomic E-state index is 13.2. The van der Waals surface area contributed by atoms with E-state index in [0.29, 0.717) is 0 Å². The van der Waals surface area contributed by atoms with E-state index in [4.69, 9.17) is 5.73 Å². The Hall–Kier alpha value is -2.24. The zero-order valence-electron chi connectivity index (χ0n) is 8.22. The molecule has 0 fully saturated rings. The van der Waals surface area contributed by atoms with Crippen molar-refractivity contribution in [1.82, 2.24) is 0 Å². The van der Waals surface area contributed by atoms with Crippen LogP contribution < -0.4 is 5.73 Å². The Balaban J connectivity index is 2.94. The zero-order valence-corrected chi connectivity index (χ0v) is 8.22. The van der Waals surface area contributed by atoms with Gasteiger partial charge in [0.05, 0.1) is 4.92 Å². The van der Waals surface area contributed by atoms with Crippen LogP contribution in [0.25, 0.3) is 6.08 Å². The van der Waals surface area contributed by atoms with Gasteiger partial charge in [0.25, 0.3) is 5.69 Å². The molecule has 0 spiro atoms. The van der Waals surface area contributed by atoms with Crippen molar-refractivity contribution in [2.75, 3.05) is 0 Å². The smallest absolute Gasteiger partial charge is 0.270 e. The standard InChI is InChI=1S/C10H9FN2O3/c11-9-5-4-8(13(15)16)6-7(9)2-1-3-10(12)14/h1-2,4-6H,3H2,(H2,12,14). The second kappa shape index (κ2) is 5.01. The fourth-order valence-corrected chi connectivity index (χ4v) is 1.07. The monoisotopic (exact) mass is 224 g/mol. The Kier molecular flexibility index (Phi) is 3.71. The molecule has 0 unspecified atom stereocenters. The van der Waals surface area contributed by atoms with Crippen molar-refractivity contribution in [1.29, 1.82) is 0 Å². The number of carbonyl (C=O) groups excluding carboxylic acids is 1. The van der Waals surface area contributed by atoms with Gasteiger partial charge in [-0.25, -0.2) is 4.39 Å². The van der Waals surface area contributed by atoms with Gasteiger partial charge in [-0.05, 0) is 6.07 Å². The topological polar surface area (TPSA) is 86.2 Å². The number of halogens is 1. The van der Waals surface area contributed by atoms with Crippen LogP contribution in [0.1, 0.15) is 12.0 Å². The van der Waals surface area contributed by atoms with Crippen molar-refractivity contribution in [3.05, 3.63) is 45.8 Å². The fraction of sp³-hybridized carbons (Fsp3) is 0.100. The number of hydrogen-bond donors (Lipinski definition) is 1. The lowest BCUT2D eigenvalue weighted by Crippen LogP contribution is -2.07. The molecule has 1 rings (SSSR count). The van der Waals surface area contributed by atoms with E-state index in [2.05, 4.69) is 0 Å². The van der Waals surface area contributed by atoms with Crippen molar-refractivity contribution < 1.29 is 14.1 Å². The Morgan fingerprint density at radius 1 is 1.56 bits per heavy atom. The number of rotatable bonds is 4. The molecule has 84 valence electrons. The molecule has 16 heavy (non-hydrogen) atoms. The lowest BCUT2D eigenvalue weighted by molar-refractivity contribution is -0.384. The minimum absolute atomic E-state index is 0.0396. The fourth-order valence-electron chi connectivity index (χ4n) is 1.07. The molecule has 0 aromatic heterocycles. The van der Waals surface area contributed by atoms with Crippen LogP contribution in [-0.2, 0) is 4.79 Å². The van der Waals surface area contributed by atoms with Gasteiger partial charge in [0.2, 0.25) is 5.91 Å². The maximum Gasteiger partial charge on any atom is 0.270 e. The number of non-ortho nitro benzene ring substituents is 1. The summed E-state index contributed by atoms with van der Waals surface area (Å²) in [5.74, 6) is -1.14. The first-order chi connectivity index (χ1) is 7.50. The quantitative estimate of drug-likeness (QED) is 0.622. The van der Waals surface area contributed by atoms with Gasteiger partial charge in [-0.1, -0.05) is 12.2 Å². The first-order valence-corrected chi connectivity index (χ1v) is 4.39. The highest BCUT2D eigenvalue weighted by atomic mass is 19.1. The molecular weight excluding hydrogens is 215 g/mol. The summed E-state index contributed by atoms with van der Waals surface area (Å²) >= 11 is 0. The van der Waals surface area contributed by atoms with Crippen molar-refractivity contribution in [2.45, 2.75) is 6.42 Å². The third kappa shape index (κ3) is 3.16. The van der Waals surface area contributed by atoms with Crippen LogP contribution in [0.5, 0.6) is 0 Å². The summed E-state index contributed by atoms with van der Waals surface area (Å²) in [5.41, 5.74) is 4.72. The first-order valence-electron chi connectivity index (χ1n) is 4.39. The van der Waals surface area contributed by atoms with Crippen molar-refractivity contribution in [2.24, 2.45) is 5.73 Å². The zero-order chi connectivity index (χ0) is 12.1. The molecule has 5 nitrogen and oxygen atoms in total. The van der Waals surface area contributed by atoms with Crippen LogP contribution in [0, 0.1) is 15.9 Å². The minimum atomic E-state index is -0.620. The van der Waals surface area contributed by atoms with Crippen molar-refractivity contribution in [3.8, 4) is 0 Å². The molecule has 0 atom stereocenters. The molecular formula is C10H9FN2O3. The van der Waals surface area contributed by atoms with E-state index in [9.17, 15) is 19.3 Å². The Labute approximate surface area is 90.5 Å². The molecule has 0 bridgehead atoms. The van der Waals surface area contributed by atoms with Gasteiger partial charge in [0.1, 0.15) is 5.82 Å². The largest absolute Gasteiger partial charge is 0.369 e. The number of primary amides is 1. The van der Waals surface area contributed by atoms with E-state index in [-0.39, 0.29) is 17.7 Å². The number of nitro benzene ring substituents is 1. The highest BCUT2D eigenvalue weighted by Crippen LogP contribution is 2.18. The number of nitrogens with two attached hydrogens (primary N) is 1. The van der Waals surface area contributed by atoms with Gasteiger partial charge < -0.3 is 5.73 Å². The Bertz CT molecular complexity index is 457. The number of hydrogen-bond acceptors (Lipinski definition) is 3. The van der Waals surface area contributed by atoms with Crippen LogP contribution in [0.4, 0.5) is 10.1 Å². The molecule has 0 aliphatic rings. The second-order valence-electron chi connectivity index (χ2n) is 3.04. The predicted octanol–water partition coefficient (Wildman–Crippen LogP) is 1.62. The number of nitrogens with zero attached hydrogens (tertiary/aromatic N) is 1. The highest BCUT2D eigenvalue weighted by Gasteiger charge is 2.08. The number of nitro groups is 1. The summed E-state index contributed by atoms with van der Waals surface area (Å²) in [6.45, 7) is 0. The third-order valence-corrected chi connectivity index (χ3v) is 1.81. The van der Waals surface area contributed by atoms with Crippen LogP contribution in [0.2, 0.25) is 0 Å². The van der Waals surface area contributed by atoms with Gasteiger partial charge >= 0.3 is 0 Å². The molecule has 1 aromatic rings. The maximum atomic E-state index is 13.2. The van der Waals surface area contributed by atoms with Gasteiger partial charge in [-0.3, -0.25) is 14.9 Å². The van der Waals surface area contributed by atoms with E-state index in [1.807, 2.05) is 0 Å². The molecule has 2 N–H and O–H groups in total. The second-order valence-corrected chi connectivity index (χ2v) is 3.04. The molecule has 0 saturated heterocycles. The Morgan fingerprint density at radius 3 is 2.81 bits per heavy atom. The SMILES string of the molecule is NC(=O)CC=Cc1cc([N+](=O)[O-])ccc1F. The minimum Gasteiger partial charge on any atom is -0.369 e. The molecule has 0 radical (unpaired) electrons. The first kappa shape index (κ1) is 11.8. The van der Waals surface area contributed by atoms with Crippen LogP contribution >= 0.6 is 0 Å². The van der Waals surface area contributed by atoms with Crippen LogP contribution in [0.15, 0.2) is 24.3 Å². The third-order valence-electron chi connectivity index (χ3n) is 1.81. The van der Waals surface area contributed by atoms with Gasteiger partial charge in [-0.2, -0.15) is 0 Å². The van der Waals surface area contributed by atoms with Crippen LogP contribution in [-0.4, -0.2) is 10.8 Å². The average molecular weight is 224 g/mol. The van der Waals surface area contributed by atoms with E-state index >= 15 is 0 Å². The summed E-state index contributed by atoms with van der Waals surface area (Å²) in [6, 6.07) is 3.16. The lowest BCUT2D eigenvalue weighted by Gasteiger charge is -1.96. The van der Waals surface area contributed by atoms with E-state index in [1.54, 1.807) is 0 Å². The summed E-state index contributed by atoms with van der Waals surface area (Å²) in [6.07, 6.45) is 2.60. The average Bonchev–Trinajstić information content (AvgIpc) is 2.20. The number of amides is 1. The van der Waals surface area contributed by atoms with Crippen molar-refractivity contribution >= 4 is 17.7 Å². The van der Waals surface area contributed by atoms with Crippen LogP contribution in [0.3, 0.4) is 0 Å². The predicted molar refractivity (Wildman–Crippen MR) is 55.9 cm³/mol. The van der Waals surface area contributed by atoms with Crippen molar-refractivity contribution in [3.63, 3.8) is 0 Å². The molecule has 0 saturated carbocycles. The van der Waals surface area contributed by atoms with Gasteiger partial charge in [-0.15, -0.1) is 0 Å². The highest BCUT2D eigenvalue weighted by molar-refractivity contribution is 5.76. The Morgan fingerprint density at radius 2 is 2.25 bits per heavy atom. The van der Waals surface area contributed by atoms with Gasteiger partial charge in [0, 0.05) is 24.1 Å². The van der Waals surface area contributed by atoms with E-state index < -0.39 is 16.6 Å². The molecule has 1 aromatic carbocycles. The summed E-state index contributed by atoms with van der Waals surface area (Å²) in [7, 11) is 0. The van der Waals surface area contributed by atoms with E-state index in [1.165, 1.54) is 12.2 Å². The molecule has 6 heteroatoms. The van der Waals surface area contributed by atoms with Gasteiger partial charge in [0.15, 0.2) is 0 Å². The summed E-state index contributed by atoms with van der Waals surface area (Å²) < 4.78 is 13.2. The molecule has 0 heterocycles.